The van der Waals surface area contributed by atoms with Gasteiger partial charge >= 0.3 is 12.1 Å². The van der Waals surface area contributed by atoms with E-state index < -0.39 is 30.0 Å². The van der Waals surface area contributed by atoms with Gasteiger partial charge in [0.15, 0.2) is 11.5 Å². The number of amides is 5. The largest absolute Gasteiger partial charge is 0.488 e. The SMILES string of the molecule is C[C@H](CO)N1C[C@H](C)[C@H](CN(C)C(=O)Nc2ccc(F)cc2)Oc2ccc(NC(=O)Nc3ccc4c(c3)OCO4)cc2CC1=O. The van der Waals surface area contributed by atoms with Crippen LogP contribution >= 0.6 is 0 Å². The van der Waals surface area contributed by atoms with Crippen molar-refractivity contribution in [2.24, 2.45) is 5.92 Å². The highest BCUT2D eigenvalue weighted by Crippen LogP contribution is 2.34. The summed E-state index contributed by atoms with van der Waals surface area (Å²) in [5.74, 6) is 0.712. The number of carbonyl (C=O) groups excluding carboxylic acids is 3. The number of aliphatic hydroxyl groups excluding tert-OH is 1. The van der Waals surface area contributed by atoms with Gasteiger partial charge in [0.05, 0.1) is 25.6 Å². The summed E-state index contributed by atoms with van der Waals surface area (Å²) < 4.78 is 30.4. The molecule has 2 aliphatic heterocycles. The molecule has 3 atom stereocenters. The Kier molecular flexibility index (Phi) is 9.57. The fourth-order valence-corrected chi connectivity index (χ4v) is 5.10. The molecule has 0 fully saturated rings. The van der Waals surface area contributed by atoms with Crippen molar-refractivity contribution < 1.29 is 38.1 Å². The molecule has 2 aliphatic rings. The van der Waals surface area contributed by atoms with Gasteiger partial charge in [0.2, 0.25) is 12.7 Å². The average Bonchev–Trinajstić information content (AvgIpc) is 3.49. The zero-order chi connectivity index (χ0) is 32.1. The summed E-state index contributed by atoms with van der Waals surface area (Å²) in [4.78, 5) is 42.3. The van der Waals surface area contributed by atoms with Crippen molar-refractivity contribution in [3.8, 4) is 17.2 Å². The number of aliphatic hydroxyl groups is 1. The third-order valence-electron chi connectivity index (χ3n) is 7.70. The number of urea groups is 2. The van der Waals surface area contributed by atoms with Crippen LogP contribution in [0.25, 0.3) is 0 Å². The zero-order valence-electron chi connectivity index (χ0n) is 25.2. The first-order chi connectivity index (χ1) is 21.6. The molecule has 12 nitrogen and oxygen atoms in total. The van der Waals surface area contributed by atoms with Crippen molar-refractivity contribution in [3.05, 3.63) is 72.0 Å². The molecule has 5 rings (SSSR count). The van der Waals surface area contributed by atoms with Crippen molar-refractivity contribution in [3.63, 3.8) is 0 Å². The number of ether oxygens (including phenoxy) is 3. The van der Waals surface area contributed by atoms with E-state index in [1.54, 1.807) is 55.3 Å². The summed E-state index contributed by atoms with van der Waals surface area (Å²) in [5.41, 5.74) is 1.92. The van der Waals surface area contributed by atoms with Crippen LogP contribution in [-0.4, -0.2) is 78.6 Å². The van der Waals surface area contributed by atoms with Crippen LogP contribution < -0.4 is 30.2 Å². The Morgan fingerprint density at radius 3 is 2.33 bits per heavy atom. The van der Waals surface area contributed by atoms with Gasteiger partial charge in [-0.05, 0) is 61.5 Å². The first-order valence-corrected chi connectivity index (χ1v) is 14.5. The monoisotopic (exact) mass is 621 g/mol. The lowest BCUT2D eigenvalue weighted by atomic mass is 10.0. The minimum atomic E-state index is -0.542. The number of nitrogens with one attached hydrogen (secondary N) is 3. The number of fused-ring (bicyclic) bond motifs is 2. The Balaban J connectivity index is 1.33. The van der Waals surface area contributed by atoms with Gasteiger partial charge in [-0.2, -0.15) is 0 Å². The van der Waals surface area contributed by atoms with Crippen LogP contribution in [0.1, 0.15) is 19.4 Å². The van der Waals surface area contributed by atoms with Gasteiger partial charge in [-0.25, -0.2) is 14.0 Å². The molecule has 0 saturated heterocycles. The maximum absolute atomic E-state index is 13.5. The molecule has 2 heterocycles. The number of halogens is 1. The van der Waals surface area contributed by atoms with Gasteiger partial charge < -0.3 is 45.1 Å². The van der Waals surface area contributed by atoms with Crippen LogP contribution in [0, 0.1) is 11.7 Å². The quantitative estimate of drug-likeness (QED) is 0.304. The van der Waals surface area contributed by atoms with Gasteiger partial charge in [0.1, 0.15) is 17.7 Å². The van der Waals surface area contributed by atoms with E-state index in [9.17, 15) is 23.9 Å². The minimum Gasteiger partial charge on any atom is -0.488 e. The number of carbonyl (C=O) groups is 3. The molecular formula is C32H36FN5O7. The maximum atomic E-state index is 13.5. The van der Waals surface area contributed by atoms with Gasteiger partial charge in [0.25, 0.3) is 0 Å². The minimum absolute atomic E-state index is 0.0285. The predicted molar refractivity (Wildman–Crippen MR) is 165 cm³/mol. The van der Waals surface area contributed by atoms with E-state index in [-0.39, 0.29) is 44.7 Å². The molecule has 0 radical (unpaired) electrons. The number of likely N-dealkylation sites (N-methyl/N-ethyl adjacent to an activating group) is 1. The number of anilines is 3. The zero-order valence-corrected chi connectivity index (χ0v) is 25.2. The third-order valence-corrected chi connectivity index (χ3v) is 7.70. The Bertz CT molecular complexity index is 1550. The molecule has 0 saturated carbocycles. The van der Waals surface area contributed by atoms with Crippen LogP contribution in [0.15, 0.2) is 60.7 Å². The highest BCUT2D eigenvalue weighted by molar-refractivity contribution is 6.00. The summed E-state index contributed by atoms with van der Waals surface area (Å²) in [6, 6.07) is 14.2. The third kappa shape index (κ3) is 7.73. The molecule has 0 spiro atoms. The molecule has 3 aromatic rings. The Morgan fingerprint density at radius 2 is 1.62 bits per heavy atom. The number of hydrogen-bond donors (Lipinski definition) is 4. The van der Waals surface area contributed by atoms with Gasteiger partial charge in [0, 0.05) is 48.2 Å². The highest BCUT2D eigenvalue weighted by atomic mass is 19.1. The number of hydrogen-bond acceptors (Lipinski definition) is 7. The molecular weight excluding hydrogens is 585 g/mol. The molecule has 0 aliphatic carbocycles. The molecule has 13 heteroatoms. The molecule has 0 aromatic heterocycles. The second-order valence-electron chi connectivity index (χ2n) is 11.2. The normalized spacial score (nSPS) is 18.0. The van der Waals surface area contributed by atoms with E-state index in [0.717, 1.165) is 0 Å². The lowest BCUT2D eigenvalue weighted by molar-refractivity contribution is -0.134. The van der Waals surface area contributed by atoms with E-state index in [1.807, 2.05) is 6.92 Å². The second kappa shape index (κ2) is 13.7. The number of nitrogens with zero attached hydrogens (tertiary/aromatic N) is 2. The van der Waals surface area contributed by atoms with Gasteiger partial charge in [-0.1, -0.05) is 6.92 Å². The van der Waals surface area contributed by atoms with E-state index >= 15 is 0 Å². The highest BCUT2D eigenvalue weighted by Gasteiger charge is 2.32. The molecule has 238 valence electrons. The average molecular weight is 622 g/mol. The van der Waals surface area contributed by atoms with E-state index in [2.05, 4.69) is 16.0 Å². The van der Waals surface area contributed by atoms with Crippen LogP contribution in [-0.2, 0) is 11.2 Å². The molecule has 4 N–H and O–H groups in total. The van der Waals surface area contributed by atoms with E-state index in [1.165, 1.54) is 29.2 Å². The second-order valence-corrected chi connectivity index (χ2v) is 11.2. The van der Waals surface area contributed by atoms with Crippen LogP contribution in [0.3, 0.4) is 0 Å². The molecule has 5 amide bonds. The van der Waals surface area contributed by atoms with Crippen molar-refractivity contribution in [2.45, 2.75) is 32.4 Å². The van der Waals surface area contributed by atoms with E-state index in [4.69, 9.17) is 14.2 Å². The lowest BCUT2D eigenvalue weighted by Gasteiger charge is -2.34. The Labute approximate surface area is 260 Å². The van der Waals surface area contributed by atoms with Crippen molar-refractivity contribution >= 4 is 35.0 Å². The summed E-state index contributed by atoms with van der Waals surface area (Å²) in [6.07, 6.45) is -0.570. The summed E-state index contributed by atoms with van der Waals surface area (Å²) >= 11 is 0. The van der Waals surface area contributed by atoms with Crippen LogP contribution in [0.5, 0.6) is 17.2 Å². The fraction of sp³-hybridized carbons (Fsp3) is 0.344. The lowest BCUT2D eigenvalue weighted by Crippen LogP contribution is -2.48. The van der Waals surface area contributed by atoms with E-state index in [0.29, 0.717) is 39.9 Å². The summed E-state index contributed by atoms with van der Waals surface area (Å²) in [5, 5.41) is 18.2. The molecule has 0 unspecified atom stereocenters. The summed E-state index contributed by atoms with van der Waals surface area (Å²) in [7, 11) is 1.62. The standard InChI is InChI=1S/C32H36FN5O7/c1-19-15-38(20(2)17-39)30(40)13-21-12-24(34-31(41)35-25-9-11-27-28(14-25)44-18-43-27)8-10-26(21)45-29(19)16-37(3)32(42)36-23-6-4-22(33)5-7-23/h4-12,14,19-20,29,39H,13,15-18H2,1-3H3,(H,36,42)(H2,34,35,41)/t19-,20+,29-/m0/s1. The fourth-order valence-electron chi connectivity index (χ4n) is 5.10. The summed E-state index contributed by atoms with van der Waals surface area (Å²) in [6.45, 7) is 4.03. The maximum Gasteiger partial charge on any atom is 0.323 e. The topological polar surface area (TPSA) is 142 Å². The molecule has 0 bridgehead atoms. The van der Waals surface area contributed by atoms with Crippen molar-refractivity contribution in [1.29, 1.82) is 0 Å². The molecule has 45 heavy (non-hydrogen) atoms. The first kappa shape index (κ1) is 31.4. The van der Waals surface area contributed by atoms with Gasteiger partial charge in [-0.15, -0.1) is 0 Å². The predicted octanol–water partition coefficient (Wildman–Crippen LogP) is 4.51. The van der Waals surface area contributed by atoms with Crippen molar-refractivity contribution in [1.82, 2.24) is 9.80 Å². The first-order valence-electron chi connectivity index (χ1n) is 14.5. The van der Waals surface area contributed by atoms with Crippen molar-refractivity contribution in [2.75, 3.05) is 49.5 Å². The van der Waals surface area contributed by atoms with Crippen LogP contribution in [0.2, 0.25) is 0 Å². The number of benzene rings is 3. The smallest absolute Gasteiger partial charge is 0.323 e. The van der Waals surface area contributed by atoms with Gasteiger partial charge in [-0.3, -0.25) is 4.79 Å². The Hall–Kier alpha value is -5.04. The van der Waals surface area contributed by atoms with Crippen LogP contribution in [0.4, 0.5) is 31.0 Å². The molecule has 3 aromatic carbocycles. The Morgan fingerprint density at radius 1 is 0.978 bits per heavy atom. The number of rotatable bonds is 7.